The maximum absolute atomic E-state index is 14.2. The molecule has 1 aromatic rings. The lowest BCUT2D eigenvalue weighted by Crippen LogP contribution is -2.39. The third-order valence-corrected chi connectivity index (χ3v) is 4.01. The first-order valence-electron chi connectivity index (χ1n) is 6.78. The molecule has 0 spiro atoms. The van der Waals surface area contributed by atoms with E-state index >= 15 is 0 Å². The molecule has 0 aliphatic heterocycles. The van der Waals surface area contributed by atoms with Gasteiger partial charge in [0.2, 0.25) is 0 Å². The van der Waals surface area contributed by atoms with Crippen LogP contribution in [-0.4, -0.2) is 46.0 Å². The van der Waals surface area contributed by atoms with Crippen LogP contribution in [0.2, 0.25) is 0 Å². The van der Waals surface area contributed by atoms with Crippen LogP contribution in [0.5, 0.6) is 5.75 Å². The van der Waals surface area contributed by atoms with Crippen LogP contribution in [0, 0.1) is 0 Å². The first kappa shape index (κ1) is 19.8. The number of hydrogen-bond acceptors (Lipinski definition) is 7. The normalized spacial score (nSPS) is 12.6. The van der Waals surface area contributed by atoms with Crippen molar-refractivity contribution in [3.63, 3.8) is 0 Å². The SMILES string of the molecule is CCCS(=O)(=O)ON=C(c1ccc(OC)cc1)C(F)(F)C(=O)OC. The third-order valence-electron chi connectivity index (χ3n) is 2.80. The van der Waals surface area contributed by atoms with Crippen molar-refractivity contribution in [2.24, 2.45) is 5.16 Å². The minimum absolute atomic E-state index is 0.211. The molecule has 0 saturated carbocycles. The summed E-state index contributed by atoms with van der Waals surface area (Å²) in [6.07, 6.45) is 0.211. The van der Waals surface area contributed by atoms with E-state index in [9.17, 15) is 22.0 Å². The highest BCUT2D eigenvalue weighted by Gasteiger charge is 2.48. The molecule has 1 rings (SSSR count). The molecule has 10 heteroatoms. The van der Waals surface area contributed by atoms with Crippen molar-refractivity contribution < 1.29 is 35.8 Å². The van der Waals surface area contributed by atoms with E-state index in [1.807, 2.05) is 0 Å². The smallest absolute Gasteiger partial charge is 0.388 e. The zero-order valence-corrected chi connectivity index (χ0v) is 14.1. The summed E-state index contributed by atoms with van der Waals surface area (Å²) in [5.74, 6) is -6.13. The monoisotopic (exact) mass is 365 g/mol. The lowest BCUT2D eigenvalue weighted by molar-refractivity contribution is -0.159. The Labute approximate surface area is 138 Å². The van der Waals surface area contributed by atoms with Gasteiger partial charge in [-0.2, -0.15) is 17.2 Å². The van der Waals surface area contributed by atoms with Crippen LogP contribution in [-0.2, 0) is 23.9 Å². The van der Waals surface area contributed by atoms with E-state index in [-0.39, 0.29) is 12.0 Å². The molecule has 0 saturated heterocycles. The fraction of sp³-hybridized carbons (Fsp3) is 0.429. The second kappa shape index (κ2) is 8.04. The van der Waals surface area contributed by atoms with E-state index in [4.69, 9.17) is 4.74 Å². The number of hydrogen-bond donors (Lipinski definition) is 0. The summed E-state index contributed by atoms with van der Waals surface area (Å²) < 4.78 is 64.7. The number of ether oxygens (including phenoxy) is 2. The Morgan fingerprint density at radius 2 is 1.79 bits per heavy atom. The van der Waals surface area contributed by atoms with E-state index < -0.39 is 33.5 Å². The first-order chi connectivity index (χ1) is 11.2. The van der Waals surface area contributed by atoms with E-state index in [1.54, 1.807) is 6.92 Å². The highest BCUT2D eigenvalue weighted by atomic mass is 32.2. The standard InChI is InChI=1S/C14H17F2NO6S/c1-4-9-24(19,20)23-17-12(14(15,16)13(18)22-3)10-5-7-11(21-2)8-6-10/h5-8H,4,9H2,1-3H3. The minimum atomic E-state index is -4.20. The predicted octanol–water partition coefficient (Wildman–Crippen LogP) is 1.96. The molecule has 0 aromatic heterocycles. The molecule has 0 heterocycles. The molecule has 24 heavy (non-hydrogen) atoms. The molecular weight excluding hydrogens is 348 g/mol. The molecule has 1 aromatic carbocycles. The predicted molar refractivity (Wildman–Crippen MR) is 81.7 cm³/mol. The number of carbonyl (C=O) groups excluding carboxylic acids is 1. The Bertz CT molecular complexity index is 700. The second-order valence-electron chi connectivity index (χ2n) is 4.57. The van der Waals surface area contributed by atoms with E-state index in [0.29, 0.717) is 5.75 Å². The molecule has 0 radical (unpaired) electrons. The highest BCUT2D eigenvalue weighted by molar-refractivity contribution is 7.86. The molecule has 0 atom stereocenters. The van der Waals surface area contributed by atoms with Crippen molar-refractivity contribution in [1.82, 2.24) is 0 Å². The zero-order valence-electron chi connectivity index (χ0n) is 13.3. The van der Waals surface area contributed by atoms with Gasteiger partial charge in [-0.25, -0.2) is 4.79 Å². The molecule has 0 N–H and O–H groups in total. The third kappa shape index (κ3) is 4.88. The number of nitrogens with zero attached hydrogens (tertiary/aromatic N) is 1. The van der Waals surface area contributed by atoms with Gasteiger partial charge in [0, 0.05) is 5.56 Å². The quantitative estimate of drug-likeness (QED) is 0.397. The molecule has 134 valence electrons. The lowest BCUT2D eigenvalue weighted by Gasteiger charge is -2.16. The van der Waals surface area contributed by atoms with Gasteiger partial charge in [-0.15, -0.1) is 0 Å². The molecular formula is C14H17F2NO6S. The van der Waals surface area contributed by atoms with Crippen LogP contribution in [0.25, 0.3) is 0 Å². The van der Waals surface area contributed by atoms with Gasteiger partial charge < -0.3 is 9.47 Å². The van der Waals surface area contributed by atoms with Crippen LogP contribution in [0.1, 0.15) is 18.9 Å². The number of alkyl halides is 2. The van der Waals surface area contributed by atoms with E-state index in [2.05, 4.69) is 14.2 Å². The maximum Gasteiger partial charge on any atom is 0.388 e. The number of carbonyl (C=O) groups is 1. The Morgan fingerprint density at radius 1 is 1.21 bits per heavy atom. The molecule has 0 bridgehead atoms. The van der Waals surface area contributed by atoms with Crippen molar-refractivity contribution in [3.05, 3.63) is 29.8 Å². The van der Waals surface area contributed by atoms with Crippen LogP contribution >= 0.6 is 0 Å². The first-order valence-corrected chi connectivity index (χ1v) is 8.36. The number of benzene rings is 1. The van der Waals surface area contributed by atoms with Gasteiger partial charge in [-0.1, -0.05) is 12.1 Å². The van der Waals surface area contributed by atoms with Crippen LogP contribution in [0.15, 0.2) is 29.4 Å². The fourth-order valence-electron chi connectivity index (χ4n) is 1.65. The molecule has 0 aliphatic rings. The summed E-state index contributed by atoms with van der Waals surface area (Å²) in [6, 6.07) is 5.06. The van der Waals surface area contributed by atoms with Gasteiger partial charge in [-0.3, -0.25) is 4.28 Å². The number of halogens is 2. The molecule has 0 aliphatic carbocycles. The van der Waals surface area contributed by atoms with Crippen LogP contribution < -0.4 is 4.74 Å². The van der Waals surface area contributed by atoms with Crippen molar-refractivity contribution in [3.8, 4) is 5.75 Å². The number of oxime groups is 1. The number of methoxy groups -OCH3 is 2. The van der Waals surface area contributed by atoms with Crippen molar-refractivity contribution in [2.45, 2.75) is 19.3 Å². The second-order valence-corrected chi connectivity index (χ2v) is 6.24. The topological polar surface area (TPSA) is 91.3 Å². The summed E-state index contributed by atoms with van der Waals surface area (Å²) in [5.41, 5.74) is -1.41. The Kier molecular flexibility index (Phi) is 6.64. The Hall–Kier alpha value is -2.23. The van der Waals surface area contributed by atoms with E-state index in [1.165, 1.54) is 31.4 Å². The Balaban J connectivity index is 3.32. The zero-order chi connectivity index (χ0) is 18.4. The summed E-state index contributed by atoms with van der Waals surface area (Å²) in [6.45, 7) is 1.57. The fourth-order valence-corrected chi connectivity index (χ4v) is 2.41. The minimum Gasteiger partial charge on any atom is -0.497 e. The molecule has 0 unspecified atom stereocenters. The average Bonchev–Trinajstić information content (AvgIpc) is 2.54. The van der Waals surface area contributed by atoms with E-state index in [0.717, 1.165) is 7.11 Å². The summed E-state index contributed by atoms with van der Waals surface area (Å²) in [7, 11) is -1.98. The highest BCUT2D eigenvalue weighted by Crippen LogP contribution is 2.25. The lowest BCUT2D eigenvalue weighted by atomic mass is 10.0. The average molecular weight is 365 g/mol. The van der Waals surface area contributed by atoms with Crippen LogP contribution in [0.4, 0.5) is 8.78 Å². The molecule has 0 amide bonds. The van der Waals surface area contributed by atoms with Crippen LogP contribution in [0.3, 0.4) is 0 Å². The maximum atomic E-state index is 14.2. The molecule has 7 nitrogen and oxygen atoms in total. The van der Waals surface area contributed by atoms with Crippen molar-refractivity contribution in [1.29, 1.82) is 0 Å². The largest absolute Gasteiger partial charge is 0.497 e. The van der Waals surface area contributed by atoms with Crippen molar-refractivity contribution >= 4 is 21.8 Å². The van der Waals surface area contributed by atoms with Gasteiger partial charge in [0.15, 0.2) is 5.71 Å². The van der Waals surface area contributed by atoms with Gasteiger partial charge in [0.25, 0.3) is 0 Å². The number of rotatable bonds is 8. The molecule has 0 fully saturated rings. The van der Waals surface area contributed by atoms with Gasteiger partial charge in [-0.05, 0) is 30.7 Å². The number of esters is 1. The summed E-state index contributed by atoms with van der Waals surface area (Å²) in [5, 5.41) is 3.02. The van der Waals surface area contributed by atoms with Gasteiger partial charge in [0.1, 0.15) is 5.75 Å². The van der Waals surface area contributed by atoms with Gasteiger partial charge >= 0.3 is 22.0 Å². The van der Waals surface area contributed by atoms with Crippen molar-refractivity contribution in [2.75, 3.05) is 20.0 Å². The summed E-state index contributed by atoms with van der Waals surface area (Å²) >= 11 is 0. The van der Waals surface area contributed by atoms with Gasteiger partial charge in [0.05, 0.1) is 20.0 Å². The summed E-state index contributed by atoms with van der Waals surface area (Å²) in [4.78, 5) is 11.3. The Morgan fingerprint density at radius 3 is 2.25 bits per heavy atom.